The van der Waals surface area contributed by atoms with Crippen molar-refractivity contribution >= 4 is 0 Å². The molecule has 82 valence electrons. The van der Waals surface area contributed by atoms with Gasteiger partial charge in [0, 0.05) is 23.7 Å². The Morgan fingerprint density at radius 2 is 1.73 bits per heavy atom. The zero-order chi connectivity index (χ0) is 11.0. The number of nitrogens with one attached hydrogen (secondary N) is 1. The minimum atomic E-state index is -0.876. The summed E-state index contributed by atoms with van der Waals surface area (Å²) in [6, 6.07) is 1.11. The number of rotatable bonds is 3. The molecule has 0 heterocycles. The fraction of sp³-hybridized carbons (Fsp3) is 0.455. The lowest BCUT2D eigenvalue weighted by Crippen LogP contribution is -2.21. The Hall–Kier alpha value is -1.03. The summed E-state index contributed by atoms with van der Waals surface area (Å²) in [5.41, 5.74) is -0.0404. The van der Waals surface area contributed by atoms with Crippen LogP contribution in [0.2, 0.25) is 0 Å². The molecule has 1 saturated carbocycles. The zero-order valence-electron chi connectivity index (χ0n) is 8.36. The molecule has 4 heteroatoms. The van der Waals surface area contributed by atoms with E-state index in [1.54, 1.807) is 7.05 Å². The average molecular weight is 215 g/mol. The first-order chi connectivity index (χ1) is 7.13. The highest BCUT2D eigenvalue weighted by atomic mass is 19.1. The quantitative estimate of drug-likeness (QED) is 0.817. The van der Waals surface area contributed by atoms with Gasteiger partial charge in [-0.1, -0.05) is 0 Å². The Balaban J connectivity index is 2.40. The number of benzene rings is 1. The summed E-state index contributed by atoms with van der Waals surface area (Å²) in [6.45, 7) is 0. The van der Waals surface area contributed by atoms with Gasteiger partial charge in [0.25, 0.3) is 0 Å². The third-order valence-corrected chi connectivity index (χ3v) is 2.76. The Morgan fingerprint density at radius 3 is 2.13 bits per heavy atom. The Bertz CT molecular complexity index is 351. The molecule has 15 heavy (non-hydrogen) atoms. The van der Waals surface area contributed by atoms with Gasteiger partial charge in [-0.05, 0) is 25.8 Å². The minimum Gasteiger partial charge on any atom is -0.313 e. The molecule has 1 unspecified atom stereocenters. The van der Waals surface area contributed by atoms with Gasteiger partial charge >= 0.3 is 0 Å². The molecule has 0 aliphatic heterocycles. The summed E-state index contributed by atoms with van der Waals surface area (Å²) in [5.74, 6) is -2.22. The standard InChI is InChI=1S/C11H12F3N/c1-15-11(6-2-3-6)10-8(13)4-7(12)5-9(10)14/h4-6,11,15H,2-3H2,1H3. The van der Waals surface area contributed by atoms with Crippen LogP contribution in [0, 0.1) is 23.4 Å². The lowest BCUT2D eigenvalue weighted by Gasteiger charge is -2.17. The van der Waals surface area contributed by atoms with Crippen LogP contribution in [0.25, 0.3) is 0 Å². The maximum atomic E-state index is 13.4. The van der Waals surface area contributed by atoms with Crippen molar-refractivity contribution in [1.82, 2.24) is 5.32 Å². The van der Waals surface area contributed by atoms with Gasteiger partial charge in [0.15, 0.2) is 0 Å². The number of hydrogen-bond acceptors (Lipinski definition) is 1. The highest BCUT2D eigenvalue weighted by Gasteiger charge is 2.34. The van der Waals surface area contributed by atoms with Crippen molar-refractivity contribution in [2.45, 2.75) is 18.9 Å². The van der Waals surface area contributed by atoms with Crippen LogP contribution in [0.15, 0.2) is 12.1 Å². The number of hydrogen-bond donors (Lipinski definition) is 1. The molecule has 1 N–H and O–H groups in total. The summed E-state index contributed by atoms with van der Waals surface area (Å²) in [6.07, 6.45) is 1.92. The van der Waals surface area contributed by atoms with Gasteiger partial charge in [0.2, 0.25) is 0 Å². The average Bonchev–Trinajstić information content (AvgIpc) is 2.94. The van der Waals surface area contributed by atoms with Crippen LogP contribution >= 0.6 is 0 Å². The largest absolute Gasteiger partial charge is 0.313 e. The molecular weight excluding hydrogens is 203 g/mol. The summed E-state index contributed by atoms with van der Waals surface area (Å²) >= 11 is 0. The second-order valence-electron chi connectivity index (χ2n) is 3.89. The molecule has 0 amide bonds. The topological polar surface area (TPSA) is 12.0 Å². The Kier molecular flexibility index (Phi) is 2.69. The van der Waals surface area contributed by atoms with Crippen molar-refractivity contribution in [3.63, 3.8) is 0 Å². The van der Waals surface area contributed by atoms with E-state index in [1.165, 1.54) is 0 Å². The first-order valence-electron chi connectivity index (χ1n) is 4.95. The third kappa shape index (κ3) is 2.00. The molecule has 1 aliphatic carbocycles. The SMILES string of the molecule is CNC(c1c(F)cc(F)cc1F)C1CC1. The fourth-order valence-electron chi connectivity index (χ4n) is 1.90. The van der Waals surface area contributed by atoms with Crippen LogP contribution in [0.1, 0.15) is 24.4 Å². The van der Waals surface area contributed by atoms with Gasteiger partial charge in [-0.2, -0.15) is 0 Å². The molecule has 0 radical (unpaired) electrons. The van der Waals surface area contributed by atoms with Crippen LogP contribution in [-0.2, 0) is 0 Å². The van der Waals surface area contributed by atoms with Crippen molar-refractivity contribution < 1.29 is 13.2 Å². The number of halogens is 3. The summed E-state index contributed by atoms with van der Waals surface area (Å²) in [4.78, 5) is 0. The molecule has 1 aliphatic rings. The molecule has 0 bridgehead atoms. The molecule has 0 spiro atoms. The predicted molar refractivity (Wildman–Crippen MR) is 50.8 cm³/mol. The van der Waals surface area contributed by atoms with Crippen LogP contribution in [-0.4, -0.2) is 7.05 Å². The summed E-state index contributed by atoms with van der Waals surface area (Å²) < 4.78 is 39.5. The molecule has 0 aromatic heterocycles. The van der Waals surface area contributed by atoms with E-state index in [0.717, 1.165) is 25.0 Å². The molecular formula is C11H12F3N. The molecule has 1 nitrogen and oxygen atoms in total. The Morgan fingerprint density at radius 1 is 1.20 bits per heavy atom. The normalized spacial score (nSPS) is 17.9. The van der Waals surface area contributed by atoms with E-state index in [1.807, 2.05) is 0 Å². The van der Waals surface area contributed by atoms with Gasteiger partial charge in [-0.3, -0.25) is 0 Å². The van der Waals surface area contributed by atoms with E-state index in [2.05, 4.69) is 5.32 Å². The van der Waals surface area contributed by atoms with E-state index in [-0.39, 0.29) is 17.5 Å². The van der Waals surface area contributed by atoms with Crippen LogP contribution in [0.4, 0.5) is 13.2 Å². The molecule has 1 atom stereocenters. The van der Waals surface area contributed by atoms with Crippen molar-refractivity contribution in [2.75, 3.05) is 7.05 Å². The van der Waals surface area contributed by atoms with E-state index < -0.39 is 17.5 Å². The first-order valence-corrected chi connectivity index (χ1v) is 4.95. The van der Waals surface area contributed by atoms with Crippen LogP contribution < -0.4 is 5.32 Å². The minimum absolute atomic E-state index is 0.0404. The molecule has 0 saturated heterocycles. The van der Waals surface area contributed by atoms with Crippen molar-refractivity contribution in [3.05, 3.63) is 35.1 Å². The van der Waals surface area contributed by atoms with E-state index in [9.17, 15) is 13.2 Å². The van der Waals surface area contributed by atoms with Crippen LogP contribution in [0.3, 0.4) is 0 Å². The van der Waals surface area contributed by atoms with Gasteiger partial charge in [-0.15, -0.1) is 0 Å². The van der Waals surface area contributed by atoms with E-state index >= 15 is 0 Å². The van der Waals surface area contributed by atoms with Gasteiger partial charge in [0.1, 0.15) is 17.5 Å². The summed E-state index contributed by atoms with van der Waals surface area (Å²) in [5, 5.41) is 2.88. The van der Waals surface area contributed by atoms with Crippen molar-refractivity contribution in [1.29, 1.82) is 0 Å². The van der Waals surface area contributed by atoms with E-state index in [0.29, 0.717) is 0 Å². The van der Waals surface area contributed by atoms with Gasteiger partial charge < -0.3 is 5.32 Å². The highest BCUT2D eigenvalue weighted by Crippen LogP contribution is 2.42. The molecule has 1 aromatic carbocycles. The molecule has 2 rings (SSSR count). The highest BCUT2D eigenvalue weighted by molar-refractivity contribution is 5.25. The lowest BCUT2D eigenvalue weighted by atomic mass is 10.0. The van der Waals surface area contributed by atoms with Crippen LogP contribution in [0.5, 0.6) is 0 Å². The molecule has 1 fully saturated rings. The van der Waals surface area contributed by atoms with Gasteiger partial charge in [-0.25, -0.2) is 13.2 Å². The molecule has 1 aromatic rings. The third-order valence-electron chi connectivity index (χ3n) is 2.76. The second-order valence-corrected chi connectivity index (χ2v) is 3.89. The first kappa shape index (κ1) is 10.5. The smallest absolute Gasteiger partial charge is 0.133 e. The Labute approximate surface area is 86.3 Å². The lowest BCUT2D eigenvalue weighted by molar-refractivity contribution is 0.449. The second kappa shape index (κ2) is 3.85. The van der Waals surface area contributed by atoms with E-state index in [4.69, 9.17) is 0 Å². The fourth-order valence-corrected chi connectivity index (χ4v) is 1.90. The predicted octanol–water partition coefficient (Wildman–Crippen LogP) is 2.77. The van der Waals surface area contributed by atoms with Gasteiger partial charge in [0.05, 0.1) is 0 Å². The monoisotopic (exact) mass is 215 g/mol. The zero-order valence-corrected chi connectivity index (χ0v) is 8.36. The summed E-state index contributed by atoms with van der Waals surface area (Å²) in [7, 11) is 1.66. The maximum absolute atomic E-state index is 13.4. The van der Waals surface area contributed by atoms with Crippen molar-refractivity contribution in [3.8, 4) is 0 Å². The van der Waals surface area contributed by atoms with Crippen molar-refractivity contribution in [2.24, 2.45) is 5.92 Å². The maximum Gasteiger partial charge on any atom is 0.133 e.